The summed E-state index contributed by atoms with van der Waals surface area (Å²) >= 11 is 1.88. The summed E-state index contributed by atoms with van der Waals surface area (Å²) in [4.78, 5) is 2.40. The van der Waals surface area contributed by atoms with Crippen molar-refractivity contribution in [2.45, 2.75) is 0 Å². The van der Waals surface area contributed by atoms with Crippen molar-refractivity contribution in [2.24, 2.45) is 0 Å². The maximum absolute atomic E-state index is 6.33. The summed E-state index contributed by atoms with van der Waals surface area (Å²) in [6.07, 6.45) is 0. The third-order valence-electron chi connectivity index (χ3n) is 12.0. The average molecular weight is 796 g/mol. The molecule has 0 saturated carbocycles. The predicted octanol–water partition coefficient (Wildman–Crippen LogP) is 17.2. The van der Waals surface area contributed by atoms with E-state index in [1.54, 1.807) is 0 Å². The number of hydrogen-bond donors (Lipinski definition) is 0. The molecule has 12 rings (SSSR count). The second-order valence-corrected chi connectivity index (χ2v) is 16.7. The number of para-hydroxylation sites is 1. The molecule has 0 bridgehead atoms. The van der Waals surface area contributed by atoms with E-state index in [-0.39, 0.29) is 0 Å². The lowest BCUT2D eigenvalue weighted by Gasteiger charge is -2.27. The fourth-order valence-electron chi connectivity index (χ4n) is 9.13. The van der Waals surface area contributed by atoms with E-state index in [1.807, 2.05) is 23.5 Å². The Morgan fingerprint density at radius 3 is 1.64 bits per heavy atom. The molecule has 0 unspecified atom stereocenters. The number of thiophene rings is 1. The van der Waals surface area contributed by atoms with Crippen LogP contribution in [0.25, 0.3) is 97.4 Å². The van der Waals surface area contributed by atoms with Crippen LogP contribution in [0.2, 0.25) is 0 Å². The van der Waals surface area contributed by atoms with Crippen molar-refractivity contribution in [3.8, 4) is 44.5 Å². The zero-order chi connectivity index (χ0) is 40.3. The lowest BCUT2D eigenvalue weighted by molar-refractivity contribution is 0.669. The molecule has 0 atom stereocenters. The van der Waals surface area contributed by atoms with E-state index in [4.69, 9.17) is 4.42 Å². The van der Waals surface area contributed by atoms with Gasteiger partial charge in [-0.05, 0) is 122 Å². The van der Waals surface area contributed by atoms with E-state index in [1.165, 1.54) is 58.8 Å². The predicted molar refractivity (Wildman–Crippen MR) is 261 cm³/mol. The highest BCUT2D eigenvalue weighted by molar-refractivity contribution is 7.26. The summed E-state index contributed by atoms with van der Waals surface area (Å²) in [7, 11) is 0. The molecule has 12 aromatic rings. The molecule has 2 nitrogen and oxygen atoms in total. The topological polar surface area (TPSA) is 16.4 Å². The first kappa shape index (κ1) is 35.2. The minimum atomic E-state index is 0.891. The van der Waals surface area contributed by atoms with Crippen molar-refractivity contribution in [2.75, 3.05) is 4.90 Å². The SMILES string of the molecule is c1cc(-c2cccc(N(c3cccc(-c4ccc5ccccc5c4)c3)c3cccc(-c4cccc5oc6ccccc6c45)c3)c2)cc(-c2cccc3c2sc2ccccc23)c1. The van der Waals surface area contributed by atoms with Crippen molar-refractivity contribution in [1.29, 1.82) is 0 Å². The molecule has 2 aromatic heterocycles. The van der Waals surface area contributed by atoms with Gasteiger partial charge in [0, 0.05) is 48.0 Å². The zero-order valence-electron chi connectivity index (χ0n) is 33.1. The van der Waals surface area contributed by atoms with E-state index in [2.05, 4.69) is 217 Å². The van der Waals surface area contributed by atoms with Crippen LogP contribution in [-0.4, -0.2) is 0 Å². The van der Waals surface area contributed by atoms with Crippen LogP contribution in [0.15, 0.2) is 229 Å². The standard InChI is InChI=1S/C58H37NOS/c1-2-14-39-33-43(32-31-38(39)13-1)42-17-9-21-47(36-42)59(48-22-10-19-45(37-48)49-25-12-29-55-57(49)53-24-3-5-28-54(53)60-55)46-20-8-16-41(35-46)40-15-7-18-44(34-40)50-26-11-27-52-51-23-4-6-30-56(51)61-58(50)52/h1-37H. The Morgan fingerprint density at radius 1 is 0.328 bits per heavy atom. The highest BCUT2D eigenvalue weighted by Crippen LogP contribution is 2.44. The summed E-state index contributed by atoms with van der Waals surface area (Å²) in [5.74, 6) is 0. The van der Waals surface area contributed by atoms with E-state index >= 15 is 0 Å². The number of furan rings is 1. The molecule has 0 aliphatic rings. The van der Waals surface area contributed by atoms with E-state index < -0.39 is 0 Å². The number of hydrogen-bond acceptors (Lipinski definition) is 3. The smallest absolute Gasteiger partial charge is 0.136 e. The maximum atomic E-state index is 6.33. The normalized spacial score (nSPS) is 11.6. The lowest BCUT2D eigenvalue weighted by atomic mass is 9.97. The zero-order valence-corrected chi connectivity index (χ0v) is 33.9. The third-order valence-corrected chi connectivity index (χ3v) is 13.2. The molecule has 286 valence electrons. The highest BCUT2D eigenvalue weighted by atomic mass is 32.1. The number of fused-ring (bicyclic) bond motifs is 7. The van der Waals surface area contributed by atoms with Crippen molar-refractivity contribution >= 4 is 81.3 Å². The molecule has 61 heavy (non-hydrogen) atoms. The first-order chi connectivity index (χ1) is 30.2. The Bertz CT molecular complexity index is 3630. The average Bonchev–Trinajstić information content (AvgIpc) is 3.91. The number of anilines is 3. The lowest BCUT2D eigenvalue weighted by Crippen LogP contribution is -2.10. The van der Waals surface area contributed by atoms with Crippen LogP contribution in [0.5, 0.6) is 0 Å². The van der Waals surface area contributed by atoms with E-state index in [9.17, 15) is 0 Å². The fraction of sp³-hybridized carbons (Fsp3) is 0. The number of rotatable bonds is 7. The van der Waals surface area contributed by atoms with Crippen molar-refractivity contribution in [3.63, 3.8) is 0 Å². The van der Waals surface area contributed by atoms with Gasteiger partial charge in [-0.25, -0.2) is 0 Å². The van der Waals surface area contributed by atoms with Crippen LogP contribution in [0, 0.1) is 0 Å². The summed E-state index contributed by atoms with van der Waals surface area (Å²) in [6, 6.07) is 81.3. The van der Waals surface area contributed by atoms with Gasteiger partial charge < -0.3 is 9.32 Å². The van der Waals surface area contributed by atoms with Crippen molar-refractivity contribution < 1.29 is 4.42 Å². The van der Waals surface area contributed by atoms with Crippen molar-refractivity contribution in [1.82, 2.24) is 0 Å². The minimum Gasteiger partial charge on any atom is -0.456 e. The molecule has 0 amide bonds. The Labute approximate surface area is 357 Å². The first-order valence-electron chi connectivity index (χ1n) is 20.7. The molecule has 0 aliphatic heterocycles. The Morgan fingerprint density at radius 2 is 0.852 bits per heavy atom. The first-order valence-corrected chi connectivity index (χ1v) is 21.5. The third kappa shape index (κ3) is 6.18. The monoisotopic (exact) mass is 795 g/mol. The van der Waals surface area contributed by atoms with Crippen LogP contribution in [-0.2, 0) is 0 Å². The van der Waals surface area contributed by atoms with Crippen LogP contribution in [0.3, 0.4) is 0 Å². The molecule has 0 aliphatic carbocycles. The van der Waals surface area contributed by atoms with E-state index in [0.717, 1.165) is 55.7 Å². The van der Waals surface area contributed by atoms with Gasteiger partial charge in [0.15, 0.2) is 0 Å². The molecular weight excluding hydrogens is 759 g/mol. The number of nitrogens with zero attached hydrogens (tertiary/aromatic N) is 1. The second kappa shape index (κ2) is 14.5. The fourth-order valence-corrected chi connectivity index (χ4v) is 10.4. The summed E-state index contributed by atoms with van der Waals surface area (Å²) < 4.78 is 8.97. The van der Waals surface area contributed by atoms with Gasteiger partial charge in [0.1, 0.15) is 11.2 Å². The molecule has 0 fully saturated rings. The summed E-state index contributed by atoms with van der Waals surface area (Å²) in [6.45, 7) is 0. The molecule has 0 radical (unpaired) electrons. The van der Waals surface area contributed by atoms with Crippen LogP contribution < -0.4 is 4.90 Å². The van der Waals surface area contributed by atoms with Crippen LogP contribution in [0.1, 0.15) is 0 Å². The van der Waals surface area contributed by atoms with Crippen LogP contribution in [0.4, 0.5) is 17.1 Å². The Balaban J connectivity index is 1.00. The molecule has 0 N–H and O–H groups in total. The Kier molecular flexibility index (Phi) is 8.39. The molecular formula is C58H37NOS. The largest absolute Gasteiger partial charge is 0.456 e. The van der Waals surface area contributed by atoms with Gasteiger partial charge in [-0.2, -0.15) is 0 Å². The van der Waals surface area contributed by atoms with Gasteiger partial charge >= 0.3 is 0 Å². The molecule has 3 heteroatoms. The maximum Gasteiger partial charge on any atom is 0.136 e. The van der Waals surface area contributed by atoms with Gasteiger partial charge in [-0.1, -0.05) is 158 Å². The van der Waals surface area contributed by atoms with Gasteiger partial charge in [0.05, 0.1) is 0 Å². The second-order valence-electron chi connectivity index (χ2n) is 15.7. The van der Waals surface area contributed by atoms with Gasteiger partial charge in [-0.15, -0.1) is 11.3 Å². The van der Waals surface area contributed by atoms with E-state index in [0.29, 0.717) is 0 Å². The summed E-state index contributed by atoms with van der Waals surface area (Å²) in [5, 5.41) is 7.35. The molecule has 2 heterocycles. The Hall–Kier alpha value is -7.72. The van der Waals surface area contributed by atoms with Crippen LogP contribution >= 0.6 is 11.3 Å². The van der Waals surface area contributed by atoms with Gasteiger partial charge in [0.25, 0.3) is 0 Å². The molecule has 10 aromatic carbocycles. The van der Waals surface area contributed by atoms with Gasteiger partial charge in [-0.3, -0.25) is 0 Å². The summed E-state index contributed by atoms with van der Waals surface area (Å²) in [5.41, 5.74) is 14.5. The minimum absolute atomic E-state index is 0.891. The molecule has 0 spiro atoms. The van der Waals surface area contributed by atoms with Gasteiger partial charge in [0.2, 0.25) is 0 Å². The quantitative estimate of drug-likeness (QED) is 0.160. The van der Waals surface area contributed by atoms with Crippen molar-refractivity contribution in [3.05, 3.63) is 224 Å². The number of benzene rings is 10. The highest BCUT2D eigenvalue weighted by Gasteiger charge is 2.18. The molecule has 0 saturated heterocycles.